The van der Waals surface area contributed by atoms with E-state index in [4.69, 9.17) is 4.42 Å². The highest BCUT2D eigenvalue weighted by atomic mass is 79.9. The first kappa shape index (κ1) is 15.9. The summed E-state index contributed by atoms with van der Waals surface area (Å²) in [5, 5.41) is 9.15. The summed E-state index contributed by atoms with van der Waals surface area (Å²) in [7, 11) is 0. The number of halogens is 1. The average Bonchev–Trinajstić information content (AvgIpc) is 3.04. The summed E-state index contributed by atoms with van der Waals surface area (Å²) in [6.07, 6.45) is 0. The van der Waals surface area contributed by atoms with Gasteiger partial charge in [-0.1, -0.05) is 67.0 Å². The molecule has 0 N–H and O–H groups in total. The highest BCUT2D eigenvalue weighted by Gasteiger charge is 2.16. The lowest BCUT2D eigenvalue weighted by Crippen LogP contribution is -2.10. The molecule has 0 unspecified atom stereocenters. The van der Waals surface area contributed by atoms with Gasteiger partial charge in [0.1, 0.15) is 0 Å². The Morgan fingerprint density at radius 1 is 0.913 bits per heavy atom. The van der Waals surface area contributed by atoms with Crippen molar-refractivity contribution in [2.75, 3.05) is 0 Å². The Hall–Kier alpha value is -1.94. The molecule has 0 bridgehead atoms. The monoisotopic (exact) mass is 370 g/mol. The van der Waals surface area contributed by atoms with Crippen LogP contribution in [0.3, 0.4) is 0 Å². The maximum absolute atomic E-state index is 5.88. The summed E-state index contributed by atoms with van der Waals surface area (Å²) in [6.45, 7) is 6.60. The van der Waals surface area contributed by atoms with E-state index in [2.05, 4.69) is 59.0 Å². The van der Waals surface area contributed by atoms with Crippen molar-refractivity contribution in [2.24, 2.45) is 0 Å². The fraction of sp³-hybridized carbons (Fsp3) is 0.263. The van der Waals surface area contributed by atoms with Crippen LogP contribution in [0.2, 0.25) is 0 Å². The topological polar surface area (TPSA) is 38.9 Å². The minimum absolute atomic E-state index is 0.132. The Morgan fingerprint density at radius 3 is 2.22 bits per heavy atom. The number of hydrogen-bond acceptors (Lipinski definition) is 3. The molecule has 1 heterocycles. The van der Waals surface area contributed by atoms with Gasteiger partial charge in [0.25, 0.3) is 0 Å². The number of benzene rings is 2. The molecule has 4 heteroatoms. The van der Waals surface area contributed by atoms with E-state index in [1.807, 2.05) is 36.4 Å². The molecule has 118 valence electrons. The Kier molecular flexibility index (Phi) is 4.35. The zero-order valence-corrected chi connectivity index (χ0v) is 15.1. The maximum Gasteiger partial charge on any atom is 0.248 e. The van der Waals surface area contributed by atoms with E-state index >= 15 is 0 Å². The van der Waals surface area contributed by atoms with Gasteiger partial charge in [0, 0.05) is 16.5 Å². The molecule has 0 fully saturated rings. The number of aromatic nitrogens is 2. The number of hydrogen-bond donors (Lipinski definition) is 0. The molecule has 0 spiro atoms. The van der Waals surface area contributed by atoms with Gasteiger partial charge in [-0.05, 0) is 34.7 Å². The number of rotatable bonds is 3. The van der Waals surface area contributed by atoms with Crippen LogP contribution in [0.5, 0.6) is 0 Å². The van der Waals surface area contributed by atoms with Crippen LogP contribution in [0.25, 0.3) is 22.9 Å². The molecule has 3 rings (SSSR count). The number of alkyl halides is 1. The summed E-state index contributed by atoms with van der Waals surface area (Å²) in [5.41, 5.74) is 4.45. The van der Waals surface area contributed by atoms with Crippen molar-refractivity contribution in [3.05, 3.63) is 59.7 Å². The van der Waals surface area contributed by atoms with Gasteiger partial charge in [0.2, 0.25) is 11.8 Å². The van der Waals surface area contributed by atoms with E-state index < -0.39 is 0 Å². The minimum atomic E-state index is 0.132. The van der Waals surface area contributed by atoms with E-state index in [1.54, 1.807) is 0 Å². The molecule has 0 atom stereocenters. The molecule has 0 radical (unpaired) electrons. The Morgan fingerprint density at radius 2 is 1.57 bits per heavy atom. The average molecular weight is 371 g/mol. The lowest BCUT2D eigenvalue weighted by atomic mass is 9.87. The van der Waals surface area contributed by atoms with Crippen molar-refractivity contribution in [2.45, 2.75) is 31.5 Å². The van der Waals surface area contributed by atoms with Gasteiger partial charge in [0.15, 0.2) is 0 Å². The van der Waals surface area contributed by atoms with Crippen molar-refractivity contribution in [1.29, 1.82) is 0 Å². The normalized spacial score (nSPS) is 11.7. The van der Waals surface area contributed by atoms with Gasteiger partial charge >= 0.3 is 0 Å². The smallest absolute Gasteiger partial charge is 0.248 e. The van der Waals surface area contributed by atoms with Crippen LogP contribution in [0.15, 0.2) is 52.9 Å². The van der Waals surface area contributed by atoms with Gasteiger partial charge in [0.05, 0.1) is 0 Å². The van der Waals surface area contributed by atoms with Crippen LogP contribution < -0.4 is 0 Å². The second kappa shape index (κ2) is 6.28. The lowest BCUT2D eigenvalue weighted by molar-refractivity contribution is 0.581. The summed E-state index contributed by atoms with van der Waals surface area (Å²) < 4.78 is 5.88. The van der Waals surface area contributed by atoms with Gasteiger partial charge in [-0.2, -0.15) is 0 Å². The van der Waals surface area contributed by atoms with E-state index in [-0.39, 0.29) is 5.41 Å². The quantitative estimate of drug-likeness (QED) is 0.563. The third-order valence-corrected chi connectivity index (χ3v) is 4.42. The van der Waals surface area contributed by atoms with Crippen LogP contribution in [-0.4, -0.2) is 10.2 Å². The Bertz CT molecular complexity index is 801. The molecule has 23 heavy (non-hydrogen) atoms. The van der Waals surface area contributed by atoms with Crippen molar-refractivity contribution >= 4 is 15.9 Å². The largest absolute Gasteiger partial charge is 0.416 e. The first-order valence-corrected chi connectivity index (χ1v) is 8.70. The van der Waals surface area contributed by atoms with Crippen molar-refractivity contribution in [1.82, 2.24) is 10.2 Å². The fourth-order valence-corrected chi connectivity index (χ4v) is 2.90. The SMILES string of the molecule is CC(C)(C)c1ccc(-c2nnc(-c3ccccc3CBr)o2)cc1. The minimum Gasteiger partial charge on any atom is -0.416 e. The van der Waals surface area contributed by atoms with Gasteiger partial charge < -0.3 is 4.42 Å². The molecular formula is C19H19BrN2O. The summed E-state index contributed by atoms with van der Waals surface area (Å²) in [6, 6.07) is 16.3. The van der Waals surface area contributed by atoms with Crippen molar-refractivity contribution < 1.29 is 4.42 Å². The maximum atomic E-state index is 5.88. The molecule has 1 aromatic heterocycles. The van der Waals surface area contributed by atoms with E-state index in [1.165, 1.54) is 5.56 Å². The first-order valence-electron chi connectivity index (χ1n) is 7.57. The fourth-order valence-electron chi connectivity index (χ4n) is 2.41. The molecule has 0 aliphatic heterocycles. The molecule has 0 aliphatic carbocycles. The summed E-state index contributed by atoms with van der Waals surface area (Å²) in [4.78, 5) is 0. The van der Waals surface area contributed by atoms with Crippen LogP contribution >= 0.6 is 15.9 Å². The van der Waals surface area contributed by atoms with E-state index in [0.717, 1.165) is 22.0 Å². The molecule has 3 nitrogen and oxygen atoms in total. The van der Waals surface area contributed by atoms with Crippen LogP contribution in [0.1, 0.15) is 31.9 Å². The first-order chi connectivity index (χ1) is 11.0. The molecule has 0 saturated carbocycles. The predicted molar refractivity (Wildman–Crippen MR) is 96.5 cm³/mol. The number of nitrogens with zero attached hydrogens (tertiary/aromatic N) is 2. The van der Waals surface area contributed by atoms with Gasteiger partial charge in [-0.15, -0.1) is 10.2 Å². The molecule has 0 saturated heterocycles. The molecule has 0 aliphatic rings. The van der Waals surface area contributed by atoms with E-state index in [0.29, 0.717) is 11.8 Å². The van der Waals surface area contributed by atoms with E-state index in [9.17, 15) is 0 Å². The zero-order valence-electron chi connectivity index (χ0n) is 13.5. The zero-order chi connectivity index (χ0) is 16.4. The third kappa shape index (κ3) is 3.37. The van der Waals surface area contributed by atoms with Crippen LogP contribution in [0, 0.1) is 0 Å². The lowest BCUT2D eigenvalue weighted by Gasteiger charge is -2.18. The summed E-state index contributed by atoms with van der Waals surface area (Å²) in [5.74, 6) is 1.10. The molecular weight excluding hydrogens is 352 g/mol. The predicted octanol–water partition coefficient (Wildman–Crippen LogP) is 5.60. The highest BCUT2D eigenvalue weighted by Crippen LogP contribution is 2.29. The second-order valence-corrected chi connectivity index (χ2v) is 7.09. The second-order valence-electron chi connectivity index (χ2n) is 6.53. The molecule has 2 aromatic carbocycles. The van der Waals surface area contributed by atoms with Crippen molar-refractivity contribution in [3.63, 3.8) is 0 Å². The summed E-state index contributed by atoms with van der Waals surface area (Å²) >= 11 is 3.49. The van der Waals surface area contributed by atoms with Gasteiger partial charge in [-0.25, -0.2) is 0 Å². The highest BCUT2D eigenvalue weighted by molar-refractivity contribution is 9.08. The van der Waals surface area contributed by atoms with Crippen molar-refractivity contribution in [3.8, 4) is 22.9 Å². The van der Waals surface area contributed by atoms with Gasteiger partial charge in [-0.3, -0.25) is 0 Å². The Labute approximate surface area is 144 Å². The molecule has 3 aromatic rings. The standard InChI is InChI=1S/C19H19BrN2O/c1-19(2,3)15-10-8-13(9-11-15)17-21-22-18(23-17)16-7-5-4-6-14(16)12-20/h4-11H,12H2,1-3H3. The third-order valence-electron chi connectivity index (χ3n) is 3.81. The molecule has 0 amide bonds. The van der Waals surface area contributed by atoms with Crippen LogP contribution in [0.4, 0.5) is 0 Å². The Balaban J connectivity index is 1.93. The van der Waals surface area contributed by atoms with Crippen LogP contribution in [-0.2, 0) is 10.7 Å².